The van der Waals surface area contributed by atoms with E-state index in [0.717, 1.165) is 6.20 Å². The molecule has 17 heteroatoms. The molecule has 1 aromatic carbocycles. The van der Waals surface area contributed by atoms with Crippen molar-refractivity contribution < 1.29 is 52.8 Å². The molecule has 3 heterocycles. The summed E-state index contributed by atoms with van der Waals surface area (Å²) in [5, 5.41) is 43.9. The second-order valence-electron chi connectivity index (χ2n) is 8.54. The summed E-state index contributed by atoms with van der Waals surface area (Å²) in [4.78, 5) is 33.4. The summed E-state index contributed by atoms with van der Waals surface area (Å²) in [6.45, 7) is 0.926. The molecule has 212 valence electrons. The molecule has 39 heavy (non-hydrogen) atoms. The number of nitrogens with zero attached hydrogens (tertiary/aromatic N) is 2. The predicted molar refractivity (Wildman–Crippen MR) is 129 cm³/mol. The largest absolute Gasteiger partial charge is 0.491 e. The zero-order valence-corrected chi connectivity index (χ0v) is 21.6. The standard InChI is InChI=1S/C22H27N4O12P/c1-12(24-34-2)18(29)25-39(33,37-14-6-4-3-5-7-14)38-20(30)17-16(28)9-22(32,36-17)26-10-13-8-15(11-27)35-19(13)23-21(26)31/h3-8,10,12,16-17,20,24,27-28,30,32H,9,11H2,1-2H3,(H,25,29,33)/t12-,16-,17-,20?,22-,39?/m0/s1. The van der Waals surface area contributed by atoms with Gasteiger partial charge >= 0.3 is 13.4 Å². The van der Waals surface area contributed by atoms with Crippen LogP contribution in [0.1, 0.15) is 19.1 Å². The van der Waals surface area contributed by atoms with E-state index in [9.17, 15) is 34.6 Å². The smallest absolute Gasteiger partial charge is 0.440 e. The Bertz CT molecular complexity index is 1420. The number of fused-ring (bicyclic) bond motifs is 1. The van der Waals surface area contributed by atoms with Crippen LogP contribution in [0, 0.1) is 0 Å². The van der Waals surface area contributed by atoms with Gasteiger partial charge in [0.15, 0.2) is 6.29 Å². The minimum absolute atomic E-state index is 0.0124. The van der Waals surface area contributed by atoms with Crippen molar-refractivity contribution >= 4 is 24.8 Å². The van der Waals surface area contributed by atoms with E-state index in [2.05, 4.69) is 20.4 Å². The van der Waals surface area contributed by atoms with Crippen molar-refractivity contribution in [2.75, 3.05) is 7.11 Å². The van der Waals surface area contributed by atoms with Crippen molar-refractivity contribution in [2.45, 2.75) is 50.4 Å². The summed E-state index contributed by atoms with van der Waals surface area (Å²) in [6.07, 6.45) is -5.17. The van der Waals surface area contributed by atoms with E-state index in [-0.39, 0.29) is 22.6 Å². The van der Waals surface area contributed by atoms with Gasteiger partial charge in [0.2, 0.25) is 11.6 Å². The van der Waals surface area contributed by atoms with Crippen LogP contribution in [0.15, 0.2) is 51.8 Å². The molecule has 2 aromatic heterocycles. The van der Waals surface area contributed by atoms with E-state index in [1.165, 1.54) is 32.2 Å². The lowest BCUT2D eigenvalue weighted by molar-refractivity contribution is -0.280. The van der Waals surface area contributed by atoms with E-state index < -0.39 is 62.8 Å². The number of nitrogens with one attached hydrogen (secondary N) is 2. The Morgan fingerprint density at radius 3 is 2.74 bits per heavy atom. The number of hydrogen-bond acceptors (Lipinski definition) is 14. The number of hydrogen-bond donors (Lipinski definition) is 6. The van der Waals surface area contributed by atoms with Crippen LogP contribution in [0.5, 0.6) is 5.75 Å². The fourth-order valence-electron chi connectivity index (χ4n) is 3.78. The third-order valence-electron chi connectivity index (χ3n) is 5.61. The summed E-state index contributed by atoms with van der Waals surface area (Å²) >= 11 is 0. The maximum absolute atomic E-state index is 13.5. The first kappa shape index (κ1) is 28.8. The number of rotatable bonds is 11. The van der Waals surface area contributed by atoms with Crippen molar-refractivity contribution in [2.24, 2.45) is 0 Å². The van der Waals surface area contributed by atoms with Gasteiger partial charge in [0.05, 0.1) is 25.0 Å². The molecule has 16 nitrogen and oxygen atoms in total. The van der Waals surface area contributed by atoms with E-state index in [4.69, 9.17) is 18.2 Å². The molecule has 2 unspecified atom stereocenters. The first-order valence-corrected chi connectivity index (χ1v) is 13.0. The number of aromatic nitrogens is 2. The molecule has 0 aliphatic carbocycles. The molecular formula is C22H27N4O12P. The average Bonchev–Trinajstić information content (AvgIpc) is 3.43. The highest BCUT2D eigenvalue weighted by Gasteiger charge is 2.52. The quantitative estimate of drug-likeness (QED) is 0.0963. The molecule has 1 aliphatic heterocycles. The summed E-state index contributed by atoms with van der Waals surface area (Å²) in [5.41, 5.74) is 1.20. The van der Waals surface area contributed by atoms with Crippen LogP contribution in [-0.2, 0) is 36.0 Å². The zero-order valence-electron chi connectivity index (χ0n) is 20.7. The topological polar surface area (TPSA) is 224 Å². The summed E-state index contributed by atoms with van der Waals surface area (Å²) < 4.78 is 35.4. The number of carbonyl (C=O) groups excluding carboxylic acids is 1. The number of hydroxylamine groups is 1. The summed E-state index contributed by atoms with van der Waals surface area (Å²) in [7, 11) is -3.44. The van der Waals surface area contributed by atoms with E-state index in [0.29, 0.717) is 4.57 Å². The lowest BCUT2D eigenvalue weighted by Gasteiger charge is -2.28. The second-order valence-corrected chi connectivity index (χ2v) is 10.2. The Morgan fingerprint density at radius 2 is 2.08 bits per heavy atom. The van der Waals surface area contributed by atoms with Crippen molar-refractivity contribution in [3.05, 3.63) is 58.8 Å². The van der Waals surface area contributed by atoms with Crippen LogP contribution in [0.3, 0.4) is 0 Å². The lowest BCUT2D eigenvalue weighted by atomic mass is 10.1. The SMILES string of the molecule is CON[C@@H](C)C(=O)NP(=O)(Oc1ccccc1)OC(O)[C@H]1O[C@](O)(n2cc3cc(CO)oc3nc2=O)C[C@@H]1O. The Kier molecular flexibility index (Phi) is 8.51. The molecule has 6 atom stereocenters. The molecule has 0 spiro atoms. The van der Waals surface area contributed by atoms with Gasteiger partial charge in [-0.25, -0.2) is 18.5 Å². The van der Waals surface area contributed by atoms with E-state index in [1.54, 1.807) is 18.2 Å². The van der Waals surface area contributed by atoms with Crippen molar-refractivity contribution in [1.29, 1.82) is 0 Å². The average molecular weight is 570 g/mol. The Balaban J connectivity index is 1.57. The van der Waals surface area contributed by atoms with Crippen LogP contribution >= 0.6 is 7.75 Å². The van der Waals surface area contributed by atoms with Crippen LogP contribution in [0.25, 0.3) is 11.1 Å². The molecule has 1 saturated heterocycles. The predicted octanol–water partition coefficient (Wildman–Crippen LogP) is -0.588. The summed E-state index contributed by atoms with van der Waals surface area (Å²) in [5.74, 6) is -3.28. The molecule has 0 saturated carbocycles. The zero-order chi connectivity index (χ0) is 28.4. The van der Waals surface area contributed by atoms with E-state index in [1.807, 2.05) is 0 Å². The Hall–Kier alpha value is -3.18. The molecule has 0 bridgehead atoms. The fraction of sp³-hybridized carbons (Fsp3) is 0.409. The molecule has 1 fully saturated rings. The molecular weight excluding hydrogens is 543 g/mol. The number of para-hydroxylation sites is 1. The van der Waals surface area contributed by atoms with Gasteiger partial charge in [0.25, 0.3) is 5.91 Å². The third-order valence-corrected chi connectivity index (χ3v) is 7.04. The van der Waals surface area contributed by atoms with Crippen LogP contribution in [0.4, 0.5) is 0 Å². The number of benzene rings is 1. The minimum Gasteiger partial charge on any atom is -0.440 e. The summed E-state index contributed by atoms with van der Waals surface area (Å²) in [6, 6.07) is 7.96. The lowest BCUT2D eigenvalue weighted by Crippen LogP contribution is -2.44. The third kappa shape index (κ3) is 6.36. The normalized spacial score (nSPS) is 24.3. The second kappa shape index (κ2) is 11.5. The fourth-order valence-corrected chi connectivity index (χ4v) is 5.19. The highest BCUT2D eigenvalue weighted by Crippen LogP contribution is 2.47. The molecule has 6 N–H and O–H groups in total. The monoisotopic (exact) mass is 570 g/mol. The number of aliphatic hydroxyl groups is 4. The molecule has 1 aliphatic rings. The van der Waals surface area contributed by atoms with Crippen molar-refractivity contribution in [3.8, 4) is 5.75 Å². The van der Waals surface area contributed by atoms with Crippen molar-refractivity contribution in [3.63, 3.8) is 0 Å². The number of ether oxygens (including phenoxy) is 1. The Labute approximate surface area is 220 Å². The van der Waals surface area contributed by atoms with Gasteiger partial charge in [-0.05, 0) is 25.1 Å². The van der Waals surface area contributed by atoms with Gasteiger partial charge < -0.3 is 38.9 Å². The van der Waals surface area contributed by atoms with Crippen LogP contribution < -0.4 is 20.8 Å². The van der Waals surface area contributed by atoms with Gasteiger partial charge in [-0.3, -0.25) is 9.88 Å². The molecule has 0 radical (unpaired) electrons. The number of carbonyl (C=O) groups is 1. The van der Waals surface area contributed by atoms with E-state index >= 15 is 0 Å². The van der Waals surface area contributed by atoms with Crippen LogP contribution in [0.2, 0.25) is 0 Å². The van der Waals surface area contributed by atoms with Gasteiger partial charge in [0.1, 0.15) is 30.3 Å². The molecule has 4 rings (SSSR count). The van der Waals surface area contributed by atoms with Gasteiger partial charge in [-0.1, -0.05) is 18.2 Å². The number of furan rings is 1. The van der Waals surface area contributed by atoms with Gasteiger partial charge in [-0.2, -0.15) is 10.5 Å². The first-order valence-electron chi connectivity index (χ1n) is 11.5. The van der Waals surface area contributed by atoms with Gasteiger partial charge in [-0.15, -0.1) is 0 Å². The number of aliphatic hydroxyl groups excluding tert-OH is 3. The number of amides is 1. The van der Waals surface area contributed by atoms with Crippen molar-refractivity contribution in [1.82, 2.24) is 20.1 Å². The minimum atomic E-state index is -4.70. The molecule has 1 amide bonds. The molecule has 3 aromatic rings. The van der Waals surface area contributed by atoms with Gasteiger partial charge in [0, 0.05) is 6.20 Å². The van der Waals surface area contributed by atoms with Crippen LogP contribution in [-0.4, -0.2) is 67.5 Å². The maximum Gasteiger partial charge on any atom is 0.491 e. The Morgan fingerprint density at radius 1 is 1.36 bits per heavy atom. The highest BCUT2D eigenvalue weighted by atomic mass is 31.2. The first-order chi connectivity index (χ1) is 18.5. The highest BCUT2D eigenvalue weighted by molar-refractivity contribution is 7.52. The maximum atomic E-state index is 13.5.